The smallest absolute Gasteiger partial charge is 0.0498 e. The summed E-state index contributed by atoms with van der Waals surface area (Å²) in [6, 6.07) is 2.36. The molecule has 1 unspecified atom stereocenters. The maximum absolute atomic E-state index is 11.9. The number of hydrogen-bond donors (Lipinski definition) is 0. The van der Waals surface area contributed by atoms with Gasteiger partial charge in [0.05, 0.1) is 0 Å². The van der Waals surface area contributed by atoms with Crippen molar-refractivity contribution in [2.75, 3.05) is 0 Å². The fourth-order valence-corrected chi connectivity index (χ4v) is 5.17. The van der Waals surface area contributed by atoms with Crippen LogP contribution in [0, 0.1) is 0 Å². The Morgan fingerprint density at radius 1 is 0.944 bits per heavy atom. The van der Waals surface area contributed by atoms with E-state index in [4.69, 9.17) is 0 Å². The Hall–Kier alpha value is -0.890. The maximum atomic E-state index is 11.9. The predicted octanol–water partition coefficient (Wildman–Crippen LogP) is 3.50. The summed E-state index contributed by atoms with van der Waals surface area (Å²) in [6.45, 7) is 0. The summed E-state index contributed by atoms with van der Waals surface area (Å²) in [7, 11) is -0.651. The third-order valence-electron chi connectivity index (χ3n) is 4.58. The second-order valence-corrected chi connectivity index (χ2v) is 7.19. The van der Waals surface area contributed by atoms with Crippen LogP contribution in [0.1, 0.15) is 53.5 Å². The number of rotatable bonds is 1. The van der Waals surface area contributed by atoms with Crippen molar-refractivity contribution in [3.8, 4) is 0 Å². The molecule has 1 aliphatic heterocycles. The van der Waals surface area contributed by atoms with Crippen LogP contribution in [0.3, 0.4) is 0 Å². The van der Waals surface area contributed by atoms with Crippen molar-refractivity contribution in [2.45, 2.75) is 50.0 Å². The molecule has 4 rings (SSSR count). The molecule has 1 nitrogen and oxygen atoms in total. The van der Waals surface area contributed by atoms with Crippen LogP contribution in [-0.4, -0.2) is 4.21 Å². The largest absolute Gasteiger partial charge is 0.259 e. The highest BCUT2D eigenvalue weighted by Crippen LogP contribution is 2.41. The Morgan fingerprint density at radius 2 is 1.89 bits per heavy atom. The molecule has 1 aromatic rings. The topological polar surface area (TPSA) is 17.1 Å². The zero-order chi connectivity index (χ0) is 12.1. The molecule has 0 amide bonds. The van der Waals surface area contributed by atoms with E-state index in [1.54, 1.807) is 16.7 Å². The molecule has 1 heterocycles. The van der Waals surface area contributed by atoms with Crippen molar-refractivity contribution >= 4 is 16.4 Å². The van der Waals surface area contributed by atoms with Gasteiger partial charge >= 0.3 is 0 Å². The Kier molecular flexibility index (Phi) is 2.47. The van der Waals surface area contributed by atoms with E-state index >= 15 is 0 Å². The minimum atomic E-state index is -0.651. The number of benzene rings is 1. The predicted molar refractivity (Wildman–Crippen MR) is 75.8 cm³/mol. The van der Waals surface area contributed by atoms with E-state index in [0.717, 1.165) is 11.5 Å². The Morgan fingerprint density at radius 3 is 2.72 bits per heavy atom. The first-order chi connectivity index (χ1) is 8.83. The minimum absolute atomic E-state index is 0.651. The molecule has 3 aliphatic rings. The van der Waals surface area contributed by atoms with Gasteiger partial charge in [-0.2, -0.15) is 0 Å². The van der Waals surface area contributed by atoms with Crippen LogP contribution in [0.25, 0.3) is 5.57 Å². The van der Waals surface area contributed by atoms with Gasteiger partial charge in [0.1, 0.15) is 0 Å². The van der Waals surface area contributed by atoms with Crippen molar-refractivity contribution in [1.82, 2.24) is 0 Å². The summed E-state index contributed by atoms with van der Waals surface area (Å²) >= 11 is 0. The monoisotopic (exact) mass is 258 g/mol. The first-order valence-electron chi connectivity index (χ1n) is 7.04. The van der Waals surface area contributed by atoms with Gasteiger partial charge in [-0.25, -0.2) is 0 Å². The van der Waals surface area contributed by atoms with E-state index < -0.39 is 10.8 Å². The summed E-state index contributed by atoms with van der Waals surface area (Å²) in [5.74, 6) is 1.60. The van der Waals surface area contributed by atoms with Gasteiger partial charge in [-0.3, -0.25) is 4.21 Å². The number of allylic oxidation sites excluding steroid dienone is 2. The molecular formula is C16H18OS. The summed E-state index contributed by atoms with van der Waals surface area (Å²) in [6.07, 6.45) is 9.97. The SMILES string of the molecule is O=S1Cc2cc3c(c(C4=CCCC4)c2C1)CCC3. The molecule has 0 N–H and O–H groups in total. The molecule has 1 atom stereocenters. The van der Waals surface area contributed by atoms with Crippen molar-refractivity contribution in [2.24, 2.45) is 0 Å². The number of aryl methyl sites for hydroxylation is 1. The molecule has 0 fully saturated rings. The Labute approximate surface area is 111 Å². The molecule has 18 heavy (non-hydrogen) atoms. The minimum Gasteiger partial charge on any atom is -0.259 e. The van der Waals surface area contributed by atoms with Crippen LogP contribution in [0.5, 0.6) is 0 Å². The molecule has 0 radical (unpaired) electrons. The molecule has 1 aromatic carbocycles. The quantitative estimate of drug-likeness (QED) is 0.753. The lowest BCUT2D eigenvalue weighted by Gasteiger charge is -2.15. The van der Waals surface area contributed by atoms with E-state index in [9.17, 15) is 4.21 Å². The van der Waals surface area contributed by atoms with Gasteiger partial charge < -0.3 is 0 Å². The van der Waals surface area contributed by atoms with E-state index in [1.807, 2.05) is 0 Å². The van der Waals surface area contributed by atoms with Crippen molar-refractivity contribution < 1.29 is 4.21 Å². The second-order valence-electron chi connectivity index (χ2n) is 5.73. The molecule has 0 bridgehead atoms. The van der Waals surface area contributed by atoms with Gasteiger partial charge in [-0.1, -0.05) is 12.1 Å². The molecule has 94 valence electrons. The highest BCUT2D eigenvalue weighted by molar-refractivity contribution is 7.83. The summed E-state index contributed by atoms with van der Waals surface area (Å²) < 4.78 is 11.9. The van der Waals surface area contributed by atoms with Crippen LogP contribution >= 0.6 is 0 Å². The molecule has 2 heteroatoms. The van der Waals surface area contributed by atoms with Gasteiger partial charge in [0, 0.05) is 22.3 Å². The van der Waals surface area contributed by atoms with E-state index in [1.165, 1.54) is 55.2 Å². The summed E-state index contributed by atoms with van der Waals surface area (Å²) in [5, 5.41) is 0. The summed E-state index contributed by atoms with van der Waals surface area (Å²) in [5.41, 5.74) is 9.06. The molecule has 0 aromatic heterocycles. The number of fused-ring (bicyclic) bond motifs is 2. The average Bonchev–Trinajstić information content (AvgIpc) is 3.03. The van der Waals surface area contributed by atoms with Crippen LogP contribution in [0.2, 0.25) is 0 Å². The van der Waals surface area contributed by atoms with Gasteiger partial charge in [0.2, 0.25) is 0 Å². The first-order valence-corrected chi connectivity index (χ1v) is 8.52. The second kappa shape index (κ2) is 4.06. The van der Waals surface area contributed by atoms with Gasteiger partial charge in [0.15, 0.2) is 0 Å². The molecule has 0 saturated carbocycles. The van der Waals surface area contributed by atoms with Crippen molar-refractivity contribution in [1.29, 1.82) is 0 Å². The van der Waals surface area contributed by atoms with E-state index in [0.29, 0.717) is 0 Å². The normalized spacial score (nSPS) is 25.1. The van der Waals surface area contributed by atoms with Crippen LogP contribution in [0.15, 0.2) is 12.1 Å². The van der Waals surface area contributed by atoms with Crippen LogP contribution in [0.4, 0.5) is 0 Å². The first kappa shape index (κ1) is 11.0. The Balaban J connectivity index is 1.96. The van der Waals surface area contributed by atoms with Gasteiger partial charge in [0.25, 0.3) is 0 Å². The van der Waals surface area contributed by atoms with Gasteiger partial charge in [-0.05, 0) is 71.9 Å². The fraction of sp³-hybridized carbons (Fsp3) is 0.500. The maximum Gasteiger partial charge on any atom is 0.0498 e. The van der Waals surface area contributed by atoms with E-state index in [2.05, 4.69) is 12.1 Å². The van der Waals surface area contributed by atoms with Crippen LogP contribution < -0.4 is 0 Å². The van der Waals surface area contributed by atoms with Crippen LogP contribution in [-0.2, 0) is 35.1 Å². The highest BCUT2D eigenvalue weighted by Gasteiger charge is 2.28. The molecule has 0 saturated heterocycles. The van der Waals surface area contributed by atoms with E-state index in [-0.39, 0.29) is 0 Å². The lowest BCUT2D eigenvalue weighted by atomic mass is 9.89. The zero-order valence-electron chi connectivity index (χ0n) is 10.6. The number of hydrogen-bond acceptors (Lipinski definition) is 1. The van der Waals surface area contributed by atoms with Crippen molar-refractivity contribution in [3.05, 3.63) is 40.0 Å². The Bertz CT molecular complexity index is 583. The standard InChI is InChI=1S/C16H18OS/c17-18-9-13-8-12-6-3-7-14(12)16(15(13)10-18)11-4-1-2-5-11/h4,8H,1-3,5-7,9-10H2. The average molecular weight is 258 g/mol. The lowest BCUT2D eigenvalue weighted by molar-refractivity contribution is 0.684. The molecule has 0 spiro atoms. The summed E-state index contributed by atoms with van der Waals surface area (Å²) in [4.78, 5) is 0. The zero-order valence-corrected chi connectivity index (χ0v) is 11.4. The molecular weight excluding hydrogens is 240 g/mol. The van der Waals surface area contributed by atoms with Crippen molar-refractivity contribution in [3.63, 3.8) is 0 Å². The molecule has 2 aliphatic carbocycles. The highest BCUT2D eigenvalue weighted by atomic mass is 32.2. The van der Waals surface area contributed by atoms with Gasteiger partial charge in [-0.15, -0.1) is 0 Å². The lowest BCUT2D eigenvalue weighted by Crippen LogP contribution is -1.99. The third kappa shape index (κ3) is 1.55. The fourth-order valence-electron chi connectivity index (χ4n) is 3.82. The third-order valence-corrected chi connectivity index (χ3v) is 5.83.